The quantitative estimate of drug-likeness (QED) is 0.430. The number of fused-ring (bicyclic) bond motifs is 1. The summed E-state index contributed by atoms with van der Waals surface area (Å²) >= 11 is 14.7. The largest absolute Gasteiger partial charge is 0.313 e. The fourth-order valence-corrected chi connectivity index (χ4v) is 4.20. The first-order valence-electron chi connectivity index (χ1n) is 7.51. The van der Waals surface area contributed by atoms with E-state index in [-0.39, 0.29) is 0 Å². The van der Waals surface area contributed by atoms with E-state index in [4.69, 9.17) is 23.2 Å². The molecule has 2 atom stereocenters. The molecule has 1 aliphatic rings. The van der Waals surface area contributed by atoms with Gasteiger partial charge in [0.15, 0.2) is 0 Å². The van der Waals surface area contributed by atoms with E-state index in [2.05, 4.69) is 52.2 Å². The lowest BCUT2D eigenvalue weighted by molar-refractivity contribution is 0.528. The Morgan fingerprint density at radius 3 is 2.55 bits per heavy atom. The maximum absolute atomic E-state index is 6.24. The van der Waals surface area contributed by atoms with Crippen molar-refractivity contribution in [3.05, 3.63) is 66.7 Å². The van der Waals surface area contributed by atoms with Crippen LogP contribution in [0.25, 0.3) is 0 Å². The van der Waals surface area contributed by atoms with Crippen LogP contribution in [0.15, 0.2) is 36.4 Å². The Kier molecular flexibility index (Phi) is 5.33. The zero-order valence-electron chi connectivity index (χ0n) is 12.4. The summed E-state index contributed by atoms with van der Waals surface area (Å²) in [6.45, 7) is 0. The number of benzene rings is 2. The minimum Gasteiger partial charge on any atom is -0.313 e. The van der Waals surface area contributed by atoms with E-state index in [1.807, 2.05) is 19.2 Å². The van der Waals surface area contributed by atoms with Gasteiger partial charge in [-0.25, -0.2) is 0 Å². The summed E-state index contributed by atoms with van der Waals surface area (Å²) in [5.74, 6) is 0.389. The van der Waals surface area contributed by atoms with Crippen molar-refractivity contribution in [1.29, 1.82) is 0 Å². The average molecular weight is 446 g/mol. The molecule has 0 spiro atoms. The smallest absolute Gasteiger partial charge is 0.0595 e. The van der Waals surface area contributed by atoms with E-state index in [1.54, 1.807) is 0 Å². The second-order valence-electron chi connectivity index (χ2n) is 5.77. The maximum atomic E-state index is 6.24. The third-order valence-electron chi connectivity index (χ3n) is 4.48. The lowest BCUT2D eigenvalue weighted by atomic mass is 9.86. The Hall–Kier alpha value is -0.290. The lowest BCUT2D eigenvalue weighted by Gasteiger charge is -2.21. The molecule has 2 aromatic rings. The highest BCUT2D eigenvalue weighted by Gasteiger charge is 2.25. The van der Waals surface area contributed by atoms with Crippen molar-refractivity contribution in [1.82, 2.24) is 5.32 Å². The predicted octanol–water partition coefficient (Wildman–Crippen LogP) is 6.17. The van der Waals surface area contributed by atoms with Crippen molar-refractivity contribution in [2.24, 2.45) is 0 Å². The first kappa shape index (κ1) is 16.6. The van der Waals surface area contributed by atoms with Gasteiger partial charge in [0.25, 0.3) is 0 Å². The van der Waals surface area contributed by atoms with Crippen LogP contribution in [-0.2, 0) is 0 Å². The molecule has 2 unspecified atom stereocenters. The van der Waals surface area contributed by atoms with Crippen molar-refractivity contribution in [2.45, 2.75) is 31.2 Å². The predicted molar refractivity (Wildman–Crippen MR) is 103 cm³/mol. The molecule has 4 heteroatoms. The molecule has 0 saturated heterocycles. The van der Waals surface area contributed by atoms with Gasteiger partial charge in [0.2, 0.25) is 0 Å². The van der Waals surface area contributed by atoms with Gasteiger partial charge >= 0.3 is 0 Å². The molecule has 2 aromatic carbocycles. The highest BCUT2D eigenvalue weighted by atomic mass is 127. The Balaban J connectivity index is 2.10. The van der Waals surface area contributed by atoms with Gasteiger partial charge in [-0.3, -0.25) is 0 Å². The number of halogens is 3. The topological polar surface area (TPSA) is 12.0 Å². The molecule has 1 nitrogen and oxygen atoms in total. The molecule has 22 heavy (non-hydrogen) atoms. The van der Waals surface area contributed by atoms with E-state index in [0.717, 1.165) is 6.42 Å². The summed E-state index contributed by atoms with van der Waals surface area (Å²) in [6.07, 6.45) is 3.51. The first-order chi connectivity index (χ1) is 10.6. The molecule has 0 fully saturated rings. The van der Waals surface area contributed by atoms with Crippen LogP contribution in [-0.4, -0.2) is 7.05 Å². The molecule has 0 saturated carbocycles. The summed E-state index contributed by atoms with van der Waals surface area (Å²) in [7, 11) is 2.05. The second kappa shape index (κ2) is 7.08. The van der Waals surface area contributed by atoms with E-state index in [1.165, 1.54) is 33.1 Å². The Morgan fingerprint density at radius 1 is 1.00 bits per heavy atom. The summed E-state index contributed by atoms with van der Waals surface area (Å²) in [5.41, 5.74) is 4.09. The highest BCUT2D eigenvalue weighted by molar-refractivity contribution is 14.1. The van der Waals surface area contributed by atoms with Gasteiger partial charge in [-0.05, 0) is 83.4 Å². The van der Waals surface area contributed by atoms with Crippen LogP contribution in [0.1, 0.15) is 47.9 Å². The molecule has 0 radical (unpaired) electrons. The normalized spacial score (nSPS) is 21.3. The molecule has 116 valence electrons. The zero-order valence-corrected chi connectivity index (χ0v) is 16.0. The van der Waals surface area contributed by atoms with E-state index in [0.29, 0.717) is 22.0 Å². The molecule has 0 aromatic heterocycles. The van der Waals surface area contributed by atoms with Crippen LogP contribution in [0.3, 0.4) is 0 Å². The number of nitrogens with one attached hydrogen (secondary N) is 1. The van der Waals surface area contributed by atoms with Crippen LogP contribution >= 0.6 is 45.8 Å². The van der Waals surface area contributed by atoms with Gasteiger partial charge in [0.1, 0.15) is 0 Å². The number of hydrogen-bond acceptors (Lipinski definition) is 1. The second-order valence-corrected chi connectivity index (χ2v) is 7.83. The Morgan fingerprint density at radius 2 is 1.82 bits per heavy atom. The summed E-state index contributed by atoms with van der Waals surface area (Å²) in [5, 5.41) is 4.73. The summed E-state index contributed by atoms with van der Waals surface area (Å²) in [4.78, 5) is 0. The minimum atomic E-state index is 0.389. The van der Waals surface area contributed by atoms with Crippen LogP contribution in [0.5, 0.6) is 0 Å². The van der Waals surface area contributed by atoms with Gasteiger partial charge in [0.05, 0.1) is 10.0 Å². The SMILES string of the molecule is CNC1CCCC(c2ccc(Cl)c(Cl)c2)c2ccc(I)cc21. The van der Waals surface area contributed by atoms with Crippen molar-refractivity contribution in [2.75, 3.05) is 7.05 Å². The number of hydrogen-bond donors (Lipinski definition) is 1. The molecule has 0 aliphatic heterocycles. The minimum absolute atomic E-state index is 0.389. The number of rotatable bonds is 2. The van der Waals surface area contributed by atoms with Crippen LogP contribution in [0, 0.1) is 3.57 Å². The first-order valence-corrected chi connectivity index (χ1v) is 9.35. The Bertz CT molecular complexity index is 687. The van der Waals surface area contributed by atoms with Gasteiger partial charge < -0.3 is 5.32 Å². The molecule has 3 rings (SSSR count). The molecule has 0 amide bonds. The van der Waals surface area contributed by atoms with Gasteiger partial charge in [-0.1, -0.05) is 41.8 Å². The van der Waals surface area contributed by atoms with E-state index in [9.17, 15) is 0 Å². The molecular weight excluding hydrogens is 428 g/mol. The fraction of sp³-hybridized carbons (Fsp3) is 0.333. The highest BCUT2D eigenvalue weighted by Crippen LogP contribution is 2.41. The van der Waals surface area contributed by atoms with Crippen molar-refractivity contribution in [3.63, 3.8) is 0 Å². The third-order valence-corrected chi connectivity index (χ3v) is 5.89. The van der Waals surface area contributed by atoms with Gasteiger partial charge in [-0.15, -0.1) is 0 Å². The molecule has 0 heterocycles. The maximum Gasteiger partial charge on any atom is 0.0595 e. The van der Waals surface area contributed by atoms with Crippen LogP contribution in [0.4, 0.5) is 0 Å². The fourth-order valence-electron chi connectivity index (χ4n) is 3.38. The molecule has 1 aliphatic carbocycles. The van der Waals surface area contributed by atoms with Gasteiger partial charge in [-0.2, -0.15) is 0 Å². The molecular formula is C18H18Cl2IN. The van der Waals surface area contributed by atoms with Crippen molar-refractivity contribution in [3.8, 4) is 0 Å². The van der Waals surface area contributed by atoms with Crippen molar-refractivity contribution < 1.29 is 0 Å². The standard InChI is InChI=1S/C18H18Cl2IN/c1-22-18-4-2-3-13(11-5-8-16(19)17(20)9-11)14-7-6-12(21)10-15(14)18/h5-10,13,18,22H,2-4H2,1H3. The third kappa shape index (κ3) is 3.30. The molecule has 0 bridgehead atoms. The zero-order chi connectivity index (χ0) is 15.7. The molecule has 1 N–H and O–H groups in total. The van der Waals surface area contributed by atoms with E-state index >= 15 is 0 Å². The van der Waals surface area contributed by atoms with Gasteiger partial charge in [0, 0.05) is 15.5 Å². The van der Waals surface area contributed by atoms with Crippen LogP contribution < -0.4 is 5.32 Å². The average Bonchev–Trinajstić information content (AvgIpc) is 2.69. The lowest BCUT2D eigenvalue weighted by Crippen LogP contribution is -2.17. The monoisotopic (exact) mass is 445 g/mol. The summed E-state index contributed by atoms with van der Waals surface area (Å²) < 4.78 is 1.28. The Labute approximate surface area is 155 Å². The summed E-state index contributed by atoms with van der Waals surface area (Å²) in [6, 6.07) is 13.3. The van der Waals surface area contributed by atoms with E-state index < -0.39 is 0 Å². The van der Waals surface area contributed by atoms with Crippen molar-refractivity contribution >= 4 is 45.8 Å². The van der Waals surface area contributed by atoms with Crippen LogP contribution in [0.2, 0.25) is 10.0 Å².